The van der Waals surface area contributed by atoms with E-state index in [-0.39, 0.29) is 29.4 Å². The van der Waals surface area contributed by atoms with Crippen LogP contribution in [0.3, 0.4) is 0 Å². The summed E-state index contributed by atoms with van der Waals surface area (Å²) < 4.78 is 47.6. The lowest BCUT2D eigenvalue weighted by molar-refractivity contribution is 0.233. The topological polar surface area (TPSA) is 97.5 Å². The Hall–Kier alpha value is -0.180. The van der Waals surface area contributed by atoms with Crippen LogP contribution in [-0.2, 0) is 19.9 Å². The summed E-state index contributed by atoms with van der Waals surface area (Å²) >= 11 is 0. The van der Waals surface area contributed by atoms with E-state index in [1.54, 1.807) is 0 Å². The summed E-state index contributed by atoms with van der Waals surface area (Å²) in [6.07, 6.45) is 4.42. The highest BCUT2D eigenvalue weighted by Gasteiger charge is 2.34. The van der Waals surface area contributed by atoms with E-state index in [2.05, 4.69) is 0 Å². The van der Waals surface area contributed by atoms with Crippen LogP contribution < -0.4 is 5.73 Å². The Morgan fingerprint density at radius 2 is 2.05 bits per heavy atom. The van der Waals surface area contributed by atoms with Gasteiger partial charge in [-0.1, -0.05) is 0 Å². The molecule has 0 aromatic heterocycles. The molecule has 3 unspecified atom stereocenters. The van der Waals surface area contributed by atoms with Gasteiger partial charge < -0.3 is 5.73 Å². The number of rotatable bonds is 4. The third-order valence-electron chi connectivity index (χ3n) is 4.43. The predicted molar refractivity (Wildman–Crippen MR) is 78.5 cm³/mol. The molecule has 0 aromatic carbocycles. The first-order valence-electron chi connectivity index (χ1n) is 7.08. The first-order valence-corrected chi connectivity index (χ1v) is 10.8. The zero-order valence-electron chi connectivity index (χ0n) is 11.9. The molecular weight excluding hydrogens is 300 g/mol. The molecule has 20 heavy (non-hydrogen) atoms. The molecule has 3 atom stereocenters. The van der Waals surface area contributed by atoms with Gasteiger partial charge >= 0.3 is 0 Å². The van der Waals surface area contributed by atoms with E-state index in [1.165, 1.54) is 10.6 Å². The molecule has 2 aliphatic heterocycles. The maximum atomic E-state index is 11.6. The molecule has 0 radical (unpaired) electrons. The largest absolute Gasteiger partial charge is 0.327 e. The fourth-order valence-electron chi connectivity index (χ4n) is 3.26. The lowest BCUT2D eigenvalue weighted by Gasteiger charge is -2.33. The highest BCUT2D eigenvalue weighted by molar-refractivity contribution is 7.91. The Labute approximate surface area is 121 Å². The molecule has 2 fully saturated rings. The van der Waals surface area contributed by atoms with Crippen molar-refractivity contribution in [2.75, 3.05) is 30.9 Å². The SMILES string of the molecule is CS(=O)(=O)N1CCCC(CC(N)C2CCS(=O)(=O)C2)C1. The molecule has 0 aliphatic carbocycles. The lowest BCUT2D eigenvalue weighted by Crippen LogP contribution is -2.42. The Bertz CT molecular complexity index is 544. The number of nitrogens with two attached hydrogens (primary N) is 1. The van der Waals surface area contributed by atoms with Gasteiger partial charge in [0.1, 0.15) is 0 Å². The minimum Gasteiger partial charge on any atom is -0.327 e. The molecule has 0 aromatic rings. The molecule has 0 spiro atoms. The van der Waals surface area contributed by atoms with Gasteiger partial charge in [0.2, 0.25) is 10.0 Å². The average Bonchev–Trinajstić information content (AvgIpc) is 2.69. The van der Waals surface area contributed by atoms with Crippen molar-refractivity contribution in [2.24, 2.45) is 17.6 Å². The lowest BCUT2D eigenvalue weighted by atomic mass is 9.87. The molecule has 0 amide bonds. The highest BCUT2D eigenvalue weighted by atomic mass is 32.2. The van der Waals surface area contributed by atoms with Crippen molar-refractivity contribution in [3.05, 3.63) is 0 Å². The van der Waals surface area contributed by atoms with E-state index in [9.17, 15) is 16.8 Å². The number of hydrogen-bond donors (Lipinski definition) is 1. The fourth-order valence-corrected chi connectivity index (χ4v) is 6.10. The number of sulfone groups is 1. The van der Waals surface area contributed by atoms with Crippen LogP contribution in [0, 0.1) is 11.8 Å². The van der Waals surface area contributed by atoms with Gasteiger partial charge in [0, 0.05) is 19.1 Å². The molecule has 2 N–H and O–H groups in total. The molecule has 6 nitrogen and oxygen atoms in total. The Balaban J connectivity index is 1.90. The smallest absolute Gasteiger partial charge is 0.211 e. The third-order valence-corrected chi connectivity index (χ3v) is 7.49. The van der Waals surface area contributed by atoms with Crippen molar-refractivity contribution in [3.63, 3.8) is 0 Å². The van der Waals surface area contributed by atoms with Crippen molar-refractivity contribution < 1.29 is 16.8 Å². The summed E-state index contributed by atoms with van der Waals surface area (Å²) in [5, 5.41) is 0. The van der Waals surface area contributed by atoms with Crippen LogP contribution in [0.5, 0.6) is 0 Å². The van der Waals surface area contributed by atoms with Crippen LogP contribution in [0.2, 0.25) is 0 Å². The summed E-state index contributed by atoms with van der Waals surface area (Å²) in [6, 6.07) is -0.142. The molecular formula is C12H24N2O4S2. The number of hydrogen-bond acceptors (Lipinski definition) is 5. The van der Waals surface area contributed by atoms with Gasteiger partial charge in [-0.25, -0.2) is 21.1 Å². The van der Waals surface area contributed by atoms with Crippen LogP contribution >= 0.6 is 0 Å². The van der Waals surface area contributed by atoms with Gasteiger partial charge in [0.25, 0.3) is 0 Å². The fraction of sp³-hybridized carbons (Fsp3) is 1.00. The van der Waals surface area contributed by atoms with Crippen molar-refractivity contribution >= 4 is 19.9 Å². The summed E-state index contributed by atoms with van der Waals surface area (Å²) in [7, 11) is -6.04. The van der Waals surface area contributed by atoms with E-state index in [4.69, 9.17) is 5.73 Å². The summed E-state index contributed by atoms with van der Waals surface area (Å²) in [6.45, 7) is 1.11. The second-order valence-corrected chi connectivity index (χ2v) is 10.4. The Morgan fingerprint density at radius 3 is 2.60 bits per heavy atom. The summed E-state index contributed by atoms with van der Waals surface area (Å²) in [5.74, 6) is 0.715. The zero-order valence-corrected chi connectivity index (χ0v) is 13.5. The van der Waals surface area contributed by atoms with Crippen molar-refractivity contribution in [3.8, 4) is 0 Å². The molecule has 8 heteroatoms. The first kappa shape index (κ1) is 16.2. The van der Waals surface area contributed by atoms with E-state index >= 15 is 0 Å². The first-order chi connectivity index (χ1) is 9.17. The van der Waals surface area contributed by atoms with Crippen LogP contribution in [0.4, 0.5) is 0 Å². The predicted octanol–water partition coefficient (Wildman–Crippen LogP) is -0.190. The Kier molecular flexibility index (Phi) is 4.78. The molecule has 0 bridgehead atoms. The number of nitrogens with zero attached hydrogens (tertiary/aromatic N) is 1. The monoisotopic (exact) mass is 324 g/mol. The molecule has 0 saturated carbocycles. The maximum Gasteiger partial charge on any atom is 0.211 e. The molecule has 2 rings (SSSR count). The van der Waals surface area contributed by atoms with Crippen molar-refractivity contribution in [1.82, 2.24) is 4.31 Å². The number of piperidine rings is 1. The van der Waals surface area contributed by atoms with Crippen LogP contribution in [0.25, 0.3) is 0 Å². The zero-order chi connectivity index (χ0) is 15.0. The maximum absolute atomic E-state index is 11.6. The Morgan fingerprint density at radius 1 is 1.35 bits per heavy atom. The molecule has 2 heterocycles. The van der Waals surface area contributed by atoms with Gasteiger partial charge in [-0.3, -0.25) is 0 Å². The quantitative estimate of drug-likeness (QED) is 0.773. The van der Waals surface area contributed by atoms with E-state index in [1.807, 2.05) is 0 Å². The van der Waals surface area contributed by atoms with Crippen molar-refractivity contribution in [2.45, 2.75) is 31.7 Å². The number of sulfonamides is 1. The van der Waals surface area contributed by atoms with Gasteiger partial charge in [-0.05, 0) is 37.5 Å². The third kappa shape index (κ3) is 4.16. The minimum absolute atomic E-state index is 0.0358. The second kappa shape index (κ2) is 5.90. The second-order valence-electron chi connectivity index (χ2n) is 6.19. The van der Waals surface area contributed by atoms with Crippen LogP contribution in [0.1, 0.15) is 25.7 Å². The summed E-state index contributed by atoms with van der Waals surface area (Å²) in [5.41, 5.74) is 6.15. The van der Waals surface area contributed by atoms with Gasteiger partial charge in [0.15, 0.2) is 9.84 Å². The summed E-state index contributed by atoms with van der Waals surface area (Å²) in [4.78, 5) is 0. The van der Waals surface area contributed by atoms with Gasteiger partial charge in [-0.2, -0.15) is 0 Å². The normalized spacial score (nSPS) is 33.1. The van der Waals surface area contributed by atoms with Crippen LogP contribution in [-0.4, -0.2) is 58.0 Å². The highest BCUT2D eigenvalue weighted by Crippen LogP contribution is 2.28. The minimum atomic E-state index is -3.14. The van der Waals surface area contributed by atoms with Gasteiger partial charge in [-0.15, -0.1) is 0 Å². The molecule has 2 saturated heterocycles. The molecule has 2 aliphatic rings. The van der Waals surface area contributed by atoms with E-state index < -0.39 is 19.9 Å². The van der Waals surface area contributed by atoms with E-state index in [0.717, 1.165) is 12.8 Å². The van der Waals surface area contributed by atoms with Gasteiger partial charge in [0.05, 0.1) is 17.8 Å². The van der Waals surface area contributed by atoms with E-state index in [0.29, 0.717) is 25.9 Å². The van der Waals surface area contributed by atoms with Crippen LogP contribution in [0.15, 0.2) is 0 Å². The molecule has 118 valence electrons. The average molecular weight is 324 g/mol. The van der Waals surface area contributed by atoms with Crippen molar-refractivity contribution in [1.29, 1.82) is 0 Å². The standard InChI is InChI=1S/C12H24N2O4S2/c1-19(15,16)14-5-2-3-10(8-14)7-12(13)11-4-6-20(17,18)9-11/h10-12H,2-9,13H2,1H3.